The van der Waals surface area contributed by atoms with Crippen molar-refractivity contribution >= 4 is 5.91 Å². The Morgan fingerprint density at radius 1 is 1.27 bits per heavy atom. The van der Waals surface area contributed by atoms with Gasteiger partial charge in [0.15, 0.2) is 0 Å². The number of benzene rings is 1. The predicted octanol–water partition coefficient (Wildman–Crippen LogP) is 3.92. The molecule has 0 bridgehead atoms. The van der Waals surface area contributed by atoms with E-state index in [2.05, 4.69) is 49.2 Å². The topological polar surface area (TPSA) is 42.4 Å². The monoisotopic (exact) mass is 350 g/mol. The Kier molecular flexibility index (Phi) is 4.43. The van der Waals surface area contributed by atoms with E-state index in [9.17, 15) is 4.79 Å². The molecule has 2 heterocycles. The fourth-order valence-electron chi connectivity index (χ4n) is 4.09. The third kappa shape index (κ3) is 3.20. The first-order valence-electron chi connectivity index (χ1n) is 9.52. The maximum atomic E-state index is 12.8. The second kappa shape index (κ2) is 6.75. The average Bonchev–Trinajstić information content (AvgIpc) is 3.42. The standard InChI is InChI=1S/C22H26N2O2/c1-16(2)15-26-19-8-9-20(23-13-19)21(25)24-11-10-22(12-18(22)14-24)17-6-4-3-5-7-17/h3-9,13,16,18H,10-12,14-15H2,1-2H3. The van der Waals surface area contributed by atoms with E-state index in [0.29, 0.717) is 29.6 Å². The maximum Gasteiger partial charge on any atom is 0.272 e. The van der Waals surface area contributed by atoms with Crippen LogP contribution in [0.2, 0.25) is 0 Å². The Balaban J connectivity index is 1.38. The van der Waals surface area contributed by atoms with Crippen LogP contribution in [-0.2, 0) is 5.41 Å². The smallest absolute Gasteiger partial charge is 0.272 e. The van der Waals surface area contributed by atoms with Crippen molar-refractivity contribution in [3.63, 3.8) is 0 Å². The molecule has 2 aromatic rings. The molecule has 0 radical (unpaired) electrons. The Hall–Kier alpha value is -2.36. The highest BCUT2D eigenvalue weighted by atomic mass is 16.5. The third-order valence-corrected chi connectivity index (χ3v) is 5.68. The fraction of sp³-hybridized carbons (Fsp3) is 0.455. The van der Waals surface area contributed by atoms with Crippen molar-refractivity contribution in [3.8, 4) is 5.75 Å². The number of carbonyl (C=O) groups is 1. The highest BCUT2D eigenvalue weighted by molar-refractivity contribution is 5.92. The lowest BCUT2D eigenvalue weighted by Gasteiger charge is -2.31. The van der Waals surface area contributed by atoms with E-state index in [1.54, 1.807) is 12.3 Å². The summed E-state index contributed by atoms with van der Waals surface area (Å²) in [7, 11) is 0. The molecule has 0 spiro atoms. The van der Waals surface area contributed by atoms with E-state index < -0.39 is 0 Å². The number of rotatable bonds is 5. The van der Waals surface area contributed by atoms with Crippen LogP contribution >= 0.6 is 0 Å². The molecule has 136 valence electrons. The Labute approximate surface area is 155 Å². The summed E-state index contributed by atoms with van der Waals surface area (Å²) in [6, 6.07) is 14.4. The van der Waals surface area contributed by atoms with Gasteiger partial charge in [0.25, 0.3) is 5.91 Å². The second-order valence-corrected chi connectivity index (χ2v) is 8.01. The van der Waals surface area contributed by atoms with E-state index in [0.717, 1.165) is 25.3 Å². The van der Waals surface area contributed by atoms with E-state index >= 15 is 0 Å². The van der Waals surface area contributed by atoms with Gasteiger partial charge in [-0.25, -0.2) is 4.98 Å². The maximum absolute atomic E-state index is 12.8. The first kappa shape index (κ1) is 17.1. The van der Waals surface area contributed by atoms with Gasteiger partial charge in [0.05, 0.1) is 12.8 Å². The normalized spacial score (nSPS) is 24.3. The van der Waals surface area contributed by atoms with Gasteiger partial charge in [-0.2, -0.15) is 0 Å². The summed E-state index contributed by atoms with van der Waals surface area (Å²) >= 11 is 0. The Morgan fingerprint density at radius 2 is 2.08 bits per heavy atom. The Bertz CT molecular complexity index is 772. The van der Waals surface area contributed by atoms with Gasteiger partial charge >= 0.3 is 0 Å². The lowest BCUT2D eigenvalue weighted by molar-refractivity contribution is 0.0701. The molecule has 1 aromatic heterocycles. The zero-order valence-corrected chi connectivity index (χ0v) is 15.5. The molecule has 2 fully saturated rings. The van der Waals surface area contributed by atoms with Crippen molar-refractivity contribution in [2.24, 2.45) is 11.8 Å². The summed E-state index contributed by atoms with van der Waals surface area (Å²) in [6.45, 7) is 6.51. The number of ether oxygens (including phenoxy) is 1. The molecule has 1 amide bonds. The molecule has 1 aliphatic heterocycles. The molecule has 4 rings (SSSR count). The van der Waals surface area contributed by atoms with Crippen molar-refractivity contribution in [1.29, 1.82) is 0 Å². The molecule has 26 heavy (non-hydrogen) atoms. The van der Waals surface area contributed by atoms with Crippen LogP contribution in [0.25, 0.3) is 0 Å². The summed E-state index contributed by atoms with van der Waals surface area (Å²) in [5.41, 5.74) is 2.25. The number of carbonyl (C=O) groups excluding carboxylic acids is 1. The Morgan fingerprint density at radius 3 is 2.73 bits per heavy atom. The number of nitrogens with zero attached hydrogens (tertiary/aromatic N) is 2. The zero-order chi connectivity index (χ0) is 18.1. The van der Waals surface area contributed by atoms with Crippen LogP contribution in [0, 0.1) is 11.8 Å². The SMILES string of the molecule is CC(C)COc1ccc(C(=O)N2CCC3(c4ccccc4)CC3C2)nc1. The van der Waals surface area contributed by atoms with Gasteiger partial charge in [-0.3, -0.25) is 4.79 Å². The molecule has 2 atom stereocenters. The quantitative estimate of drug-likeness (QED) is 0.821. The number of hydrogen-bond acceptors (Lipinski definition) is 3. The minimum atomic E-state index is 0.0361. The van der Waals surface area contributed by atoms with Crippen molar-refractivity contribution in [3.05, 3.63) is 59.9 Å². The molecule has 1 saturated heterocycles. The summed E-state index contributed by atoms with van der Waals surface area (Å²) < 4.78 is 5.65. The van der Waals surface area contributed by atoms with Crippen LogP contribution in [-0.4, -0.2) is 35.5 Å². The van der Waals surface area contributed by atoms with Crippen molar-refractivity contribution < 1.29 is 9.53 Å². The molecule has 4 heteroatoms. The third-order valence-electron chi connectivity index (χ3n) is 5.68. The largest absolute Gasteiger partial charge is 0.492 e. The summed E-state index contributed by atoms with van der Waals surface area (Å²) in [6.07, 6.45) is 3.89. The van der Waals surface area contributed by atoms with E-state index in [-0.39, 0.29) is 5.91 Å². The molecule has 1 aromatic carbocycles. The van der Waals surface area contributed by atoms with Crippen molar-refractivity contribution in [2.45, 2.75) is 32.1 Å². The summed E-state index contributed by atoms with van der Waals surface area (Å²) in [4.78, 5) is 19.1. The summed E-state index contributed by atoms with van der Waals surface area (Å²) in [5.74, 6) is 1.80. The lowest BCUT2D eigenvalue weighted by Crippen LogP contribution is -2.40. The molecular weight excluding hydrogens is 324 g/mol. The second-order valence-electron chi connectivity index (χ2n) is 8.01. The van der Waals surface area contributed by atoms with Crippen LogP contribution < -0.4 is 4.74 Å². The van der Waals surface area contributed by atoms with Crippen LogP contribution in [0.15, 0.2) is 48.7 Å². The molecule has 0 N–H and O–H groups in total. The van der Waals surface area contributed by atoms with Gasteiger partial charge in [-0.15, -0.1) is 0 Å². The highest BCUT2D eigenvalue weighted by Crippen LogP contribution is 2.59. The molecule has 2 unspecified atom stereocenters. The zero-order valence-electron chi connectivity index (χ0n) is 15.5. The number of likely N-dealkylation sites (tertiary alicyclic amines) is 1. The first-order valence-corrected chi connectivity index (χ1v) is 9.52. The van der Waals surface area contributed by atoms with E-state index in [4.69, 9.17) is 4.74 Å². The van der Waals surface area contributed by atoms with Crippen LogP contribution in [0.4, 0.5) is 0 Å². The number of pyridine rings is 1. The predicted molar refractivity (Wildman–Crippen MR) is 101 cm³/mol. The molecule has 2 aliphatic rings. The number of piperidine rings is 1. The number of hydrogen-bond donors (Lipinski definition) is 0. The van der Waals surface area contributed by atoms with Crippen molar-refractivity contribution in [2.75, 3.05) is 19.7 Å². The van der Waals surface area contributed by atoms with E-state index in [1.165, 1.54) is 12.0 Å². The van der Waals surface area contributed by atoms with Crippen molar-refractivity contribution in [1.82, 2.24) is 9.88 Å². The van der Waals surface area contributed by atoms with Gasteiger partial charge in [-0.1, -0.05) is 44.2 Å². The van der Waals surface area contributed by atoms with Crippen LogP contribution in [0.3, 0.4) is 0 Å². The number of aromatic nitrogens is 1. The van der Waals surface area contributed by atoms with Gasteiger partial charge in [-0.05, 0) is 42.4 Å². The first-order chi connectivity index (χ1) is 12.6. The van der Waals surface area contributed by atoms with Gasteiger partial charge in [0, 0.05) is 18.5 Å². The summed E-state index contributed by atoms with van der Waals surface area (Å²) in [5, 5.41) is 0. The molecular formula is C22H26N2O2. The number of fused-ring (bicyclic) bond motifs is 1. The molecule has 4 nitrogen and oxygen atoms in total. The van der Waals surface area contributed by atoms with Gasteiger partial charge in [0.1, 0.15) is 11.4 Å². The van der Waals surface area contributed by atoms with Gasteiger partial charge < -0.3 is 9.64 Å². The number of amides is 1. The van der Waals surface area contributed by atoms with E-state index in [1.807, 2.05) is 11.0 Å². The fourth-order valence-corrected chi connectivity index (χ4v) is 4.09. The highest BCUT2D eigenvalue weighted by Gasteiger charge is 2.57. The minimum Gasteiger partial charge on any atom is -0.492 e. The molecule has 1 saturated carbocycles. The lowest BCUT2D eigenvalue weighted by atomic mass is 9.87. The molecule has 1 aliphatic carbocycles. The average molecular weight is 350 g/mol. The van der Waals surface area contributed by atoms with Crippen LogP contribution in [0.1, 0.15) is 42.7 Å². The minimum absolute atomic E-state index is 0.0361. The van der Waals surface area contributed by atoms with Crippen LogP contribution in [0.5, 0.6) is 5.75 Å². The van der Waals surface area contributed by atoms with Gasteiger partial charge in [0.2, 0.25) is 0 Å².